The number of fused-ring (bicyclic) bond motifs is 1. The predicted octanol–water partition coefficient (Wildman–Crippen LogP) is 0.654. The van der Waals surface area contributed by atoms with E-state index < -0.39 is 29.3 Å². The maximum absolute atomic E-state index is 13.3. The number of carbonyl (C=O) groups is 2. The topological polar surface area (TPSA) is 124 Å². The number of pyridine rings is 2. The summed E-state index contributed by atoms with van der Waals surface area (Å²) in [6.45, 7) is 1.77. The van der Waals surface area contributed by atoms with Gasteiger partial charge in [0.2, 0.25) is 0 Å². The molecule has 9 nitrogen and oxygen atoms in total. The minimum Gasteiger partial charge on any atom is -0.468 e. The van der Waals surface area contributed by atoms with Crippen molar-refractivity contribution in [1.82, 2.24) is 14.5 Å². The number of nitrogens with zero attached hydrogens (tertiary/aromatic N) is 3. The number of methoxy groups -OCH3 is 1. The van der Waals surface area contributed by atoms with E-state index in [9.17, 15) is 14.4 Å². The van der Waals surface area contributed by atoms with Crippen LogP contribution in [0.3, 0.4) is 0 Å². The highest BCUT2D eigenvalue weighted by Gasteiger charge is 2.45. The molecule has 4 rings (SSSR count). The number of thiazole rings is 1. The molecule has 4 heterocycles. The molecule has 1 aliphatic heterocycles. The Morgan fingerprint density at radius 1 is 1.21 bits per heavy atom. The first-order valence-electron chi connectivity index (χ1n) is 10.1. The Morgan fingerprint density at radius 2 is 1.94 bits per heavy atom. The molecule has 0 aromatic carbocycles. The van der Waals surface area contributed by atoms with Crippen molar-refractivity contribution in [2.45, 2.75) is 12.8 Å². The van der Waals surface area contributed by atoms with E-state index >= 15 is 0 Å². The van der Waals surface area contributed by atoms with Gasteiger partial charge in [-0.15, -0.1) is 11.3 Å². The normalized spacial score (nSPS) is 18.1. The van der Waals surface area contributed by atoms with E-state index in [0.717, 1.165) is 15.9 Å². The molecule has 0 aliphatic carbocycles. The minimum atomic E-state index is -1.23. The first-order valence-corrected chi connectivity index (χ1v) is 10.9. The van der Waals surface area contributed by atoms with Crippen molar-refractivity contribution in [2.75, 3.05) is 13.7 Å². The molecule has 0 spiro atoms. The molecule has 33 heavy (non-hydrogen) atoms. The average molecular weight is 465 g/mol. The molecular weight excluding hydrogens is 444 g/mol. The second kappa shape index (κ2) is 9.29. The van der Waals surface area contributed by atoms with Crippen LogP contribution < -0.4 is 14.8 Å². The smallest absolute Gasteiger partial charge is 0.337 e. The van der Waals surface area contributed by atoms with E-state index in [-0.39, 0.29) is 22.7 Å². The SMILES string of the molecule is CCOC(=O)C1=c2s/c(=C/c3cccnc3)c(=O)n2C(=N)C(C(=O)OC)C1c1cccnc1. The highest BCUT2D eigenvalue weighted by atomic mass is 32.1. The first-order chi connectivity index (χ1) is 16.0. The molecule has 0 saturated carbocycles. The lowest BCUT2D eigenvalue weighted by Crippen LogP contribution is -2.50. The standard InChI is InChI=1S/C23H20N4O5S/c1-3-32-23(30)18-16(14-7-5-9-26-12-14)17(22(29)31-2)19(24)27-20(28)15(33-21(18)27)10-13-6-4-8-25-11-13/h4-12,16-17,24H,3H2,1-2H3/b15-10+,24-19?. The third-order valence-electron chi connectivity index (χ3n) is 5.21. The summed E-state index contributed by atoms with van der Waals surface area (Å²) >= 11 is 1.06. The lowest BCUT2D eigenvalue weighted by Gasteiger charge is -2.30. The maximum Gasteiger partial charge on any atom is 0.337 e. The highest BCUT2D eigenvalue weighted by molar-refractivity contribution is 7.07. The number of nitrogens with one attached hydrogen (secondary N) is 1. The average Bonchev–Trinajstić information content (AvgIpc) is 3.15. The van der Waals surface area contributed by atoms with Gasteiger partial charge in [0.25, 0.3) is 5.56 Å². The molecule has 0 fully saturated rings. The fraction of sp³-hybridized carbons (Fsp3) is 0.217. The molecule has 0 saturated heterocycles. The Bertz CT molecular complexity index is 1400. The Hall–Kier alpha value is -3.92. The third-order valence-corrected chi connectivity index (χ3v) is 6.32. The lowest BCUT2D eigenvalue weighted by molar-refractivity contribution is -0.143. The van der Waals surface area contributed by atoms with Crippen LogP contribution in [0.1, 0.15) is 24.0 Å². The van der Waals surface area contributed by atoms with Crippen LogP contribution in [-0.2, 0) is 19.1 Å². The first kappa shape index (κ1) is 22.3. The van der Waals surface area contributed by atoms with Crippen LogP contribution in [0.4, 0.5) is 0 Å². The van der Waals surface area contributed by atoms with Gasteiger partial charge in [-0.3, -0.25) is 29.5 Å². The zero-order valence-corrected chi connectivity index (χ0v) is 18.7. The molecule has 3 aromatic rings. The number of ether oxygens (including phenoxy) is 2. The van der Waals surface area contributed by atoms with E-state index in [1.807, 2.05) is 0 Å². The van der Waals surface area contributed by atoms with Gasteiger partial charge in [-0.25, -0.2) is 4.79 Å². The number of aromatic nitrogens is 3. The summed E-state index contributed by atoms with van der Waals surface area (Å²) in [4.78, 5) is 47.4. The second-order valence-electron chi connectivity index (χ2n) is 7.13. The molecule has 3 aromatic heterocycles. The molecule has 1 aliphatic rings. The van der Waals surface area contributed by atoms with Crippen LogP contribution in [0, 0.1) is 11.3 Å². The van der Waals surface area contributed by atoms with Gasteiger partial charge in [-0.05, 0) is 36.3 Å². The van der Waals surface area contributed by atoms with Crippen molar-refractivity contribution in [3.05, 3.63) is 79.7 Å². The van der Waals surface area contributed by atoms with Gasteiger partial charge in [0.15, 0.2) is 0 Å². The quantitative estimate of drug-likeness (QED) is 0.550. The van der Waals surface area contributed by atoms with Gasteiger partial charge in [0.1, 0.15) is 16.4 Å². The van der Waals surface area contributed by atoms with E-state index in [2.05, 4.69) is 9.97 Å². The fourth-order valence-corrected chi connectivity index (χ4v) is 4.98. The number of carbonyl (C=O) groups excluding carboxylic acids is 2. The molecule has 10 heteroatoms. The van der Waals surface area contributed by atoms with Crippen LogP contribution in [0.2, 0.25) is 0 Å². The van der Waals surface area contributed by atoms with Crippen molar-refractivity contribution in [3.8, 4) is 0 Å². The number of rotatable bonds is 5. The number of esters is 2. The zero-order chi connectivity index (χ0) is 23.5. The van der Waals surface area contributed by atoms with Crippen molar-refractivity contribution in [2.24, 2.45) is 5.92 Å². The summed E-state index contributed by atoms with van der Waals surface area (Å²) in [5, 5.41) is 8.76. The Kier molecular flexibility index (Phi) is 6.27. The second-order valence-corrected chi connectivity index (χ2v) is 8.16. The van der Waals surface area contributed by atoms with Gasteiger partial charge < -0.3 is 9.47 Å². The molecule has 0 bridgehead atoms. The van der Waals surface area contributed by atoms with Crippen LogP contribution in [0.5, 0.6) is 0 Å². The molecule has 2 unspecified atom stereocenters. The van der Waals surface area contributed by atoms with Crippen LogP contribution >= 0.6 is 11.3 Å². The minimum absolute atomic E-state index is 0.104. The van der Waals surface area contributed by atoms with Gasteiger partial charge >= 0.3 is 11.9 Å². The summed E-state index contributed by atoms with van der Waals surface area (Å²) in [7, 11) is 1.20. The predicted molar refractivity (Wildman–Crippen MR) is 121 cm³/mol. The summed E-state index contributed by atoms with van der Waals surface area (Å²) in [5.74, 6) is -3.81. The van der Waals surface area contributed by atoms with Crippen molar-refractivity contribution < 1.29 is 19.1 Å². The molecule has 2 atom stereocenters. The Balaban J connectivity index is 2.10. The van der Waals surface area contributed by atoms with Crippen molar-refractivity contribution in [3.63, 3.8) is 0 Å². The van der Waals surface area contributed by atoms with Crippen LogP contribution in [0.25, 0.3) is 11.6 Å². The zero-order valence-electron chi connectivity index (χ0n) is 17.8. The van der Waals surface area contributed by atoms with Crippen molar-refractivity contribution >= 4 is 40.8 Å². The molecule has 0 radical (unpaired) electrons. The number of hydrogen-bond donors (Lipinski definition) is 1. The summed E-state index contributed by atoms with van der Waals surface area (Å²) in [6, 6.07) is 6.91. The monoisotopic (exact) mass is 464 g/mol. The third kappa shape index (κ3) is 4.00. The van der Waals surface area contributed by atoms with Crippen LogP contribution in [0.15, 0.2) is 53.8 Å². The lowest BCUT2D eigenvalue weighted by atomic mass is 9.78. The Morgan fingerprint density at radius 3 is 2.55 bits per heavy atom. The highest BCUT2D eigenvalue weighted by Crippen LogP contribution is 2.36. The van der Waals surface area contributed by atoms with E-state index in [1.54, 1.807) is 55.9 Å². The van der Waals surface area contributed by atoms with Crippen molar-refractivity contribution in [1.29, 1.82) is 5.41 Å². The van der Waals surface area contributed by atoms with Gasteiger partial charge in [0, 0.05) is 30.7 Å². The van der Waals surface area contributed by atoms with E-state index in [4.69, 9.17) is 14.9 Å². The van der Waals surface area contributed by atoms with E-state index in [0.29, 0.717) is 15.7 Å². The fourth-order valence-electron chi connectivity index (χ4n) is 3.81. The number of hydrogen-bond acceptors (Lipinski definition) is 9. The molecule has 1 N–H and O–H groups in total. The summed E-state index contributed by atoms with van der Waals surface area (Å²) in [5.41, 5.74) is 0.824. The summed E-state index contributed by atoms with van der Waals surface area (Å²) < 4.78 is 11.9. The molecule has 0 amide bonds. The molecule has 168 valence electrons. The largest absolute Gasteiger partial charge is 0.468 e. The van der Waals surface area contributed by atoms with Crippen LogP contribution in [-0.4, -0.2) is 46.0 Å². The maximum atomic E-state index is 13.3. The summed E-state index contributed by atoms with van der Waals surface area (Å²) in [6.07, 6.45) is 7.94. The Labute approximate surface area is 192 Å². The van der Waals surface area contributed by atoms with Gasteiger partial charge in [0.05, 0.1) is 23.8 Å². The van der Waals surface area contributed by atoms with E-state index in [1.165, 1.54) is 13.3 Å². The van der Waals surface area contributed by atoms with Gasteiger partial charge in [-0.1, -0.05) is 12.1 Å². The van der Waals surface area contributed by atoms with Gasteiger partial charge in [-0.2, -0.15) is 0 Å². The molecular formula is C23H20N4O5S.